The van der Waals surface area contributed by atoms with Gasteiger partial charge >= 0.3 is 0 Å². The van der Waals surface area contributed by atoms with E-state index in [2.05, 4.69) is 23.2 Å². The van der Waals surface area contributed by atoms with Crippen LogP contribution in [-0.2, 0) is 0 Å². The molecule has 1 unspecified atom stereocenters. The van der Waals surface area contributed by atoms with Gasteiger partial charge in [-0.2, -0.15) is 5.26 Å². The topological polar surface area (TPSA) is 39.1 Å². The molecule has 1 rings (SSSR count). The Labute approximate surface area is 87.1 Å². The van der Waals surface area contributed by atoms with Crippen LogP contribution in [0.15, 0.2) is 0 Å². The zero-order chi connectivity index (χ0) is 10.4. The molecule has 1 heterocycles. The number of nitriles is 1. The molecular weight excluding hydrogens is 174 g/mol. The van der Waals surface area contributed by atoms with Gasteiger partial charge in [-0.25, -0.2) is 0 Å². The first-order valence-corrected chi connectivity index (χ1v) is 5.62. The zero-order valence-corrected chi connectivity index (χ0v) is 9.29. The first-order valence-electron chi connectivity index (χ1n) is 5.62. The molecule has 0 radical (unpaired) electrons. The molecule has 0 aromatic rings. The van der Waals surface area contributed by atoms with Crippen LogP contribution >= 0.6 is 0 Å². The van der Waals surface area contributed by atoms with Crippen molar-refractivity contribution in [3.05, 3.63) is 0 Å². The van der Waals surface area contributed by atoms with Crippen molar-refractivity contribution in [3.8, 4) is 6.07 Å². The highest BCUT2D eigenvalue weighted by Gasteiger charge is 2.20. The van der Waals surface area contributed by atoms with Crippen LogP contribution in [-0.4, -0.2) is 37.1 Å². The zero-order valence-electron chi connectivity index (χ0n) is 9.29. The maximum Gasteiger partial charge on any atom is 0.0666 e. The minimum atomic E-state index is 0.157. The van der Waals surface area contributed by atoms with E-state index in [0.717, 1.165) is 26.2 Å². The number of nitrogens with zero attached hydrogens (tertiary/aromatic N) is 2. The molecular formula is C11H21N3. The van der Waals surface area contributed by atoms with Crippen molar-refractivity contribution in [2.24, 2.45) is 5.92 Å². The molecule has 3 heteroatoms. The summed E-state index contributed by atoms with van der Waals surface area (Å²) >= 11 is 0. The van der Waals surface area contributed by atoms with E-state index in [9.17, 15) is 0 Å². The van der Waals surface area contributed by atoms with Crippen LogP contribution in [0.3, 0.4) is 0 Å². The molecule has 0 saturated carbocycles. The minimum absolute atomic E-state index is 0.157. The molecule has 1 aliphatic rings. The second kappa shape index (κ2) is 6.00. The highest BCUT2D eigenvalue weighted by molar-refractivity contribution is 4.85. The number of hydrogen-bond acceptors (Lipinski definition) is 3. The third-order valence-electron chi connectivity index (χ3n) is 2.96. The smallest absolute Gasteiger partial charge is 0.0666 e. The Bertz CT molecular complexity index is 191. The van der Waals surface area contributed by atoms with Crippen molar-refractivity contribution in [2.75, 3.05) is 26.2 Å². The van der Waals surface area contributed by atoms with Crippen molar-refractivity contribution in [3.63, 3.8) is 0 Å². The van der Waals surface area contributed by atoms with Gasteiger partial charge in [0, 0.05) is 12.6 Å². The van der Waals surface area contributed by atoms with Gasteiger partial charge in [0.15, 0.2) is 0 Å². The summed E-state index contributed by atoms with van der Waals surface area (Å²) in [5.74, 6) is 0.157. The summed E-state index contributed by atoms with van der Waals surface area (Å²) in [4.78, 5) is 2.45. The number of rotatable bonds is 4. The van der Waals surface area contributed by atoms with Gasteiger partial charge in [0.2, 0.25) is 0 Å². The Morgan fingerprint density at radius 3 is 2.64 bits per heavy atom. The summed E-state index contributed by atoms with van der Waals surface area (Å²) in [7, 11) is 0. The van der Waals surface area contributed by atoms with Crippen molar-refractivity contribution >= 4 is 0 Å². The van der Waals surface area contributed by atoms with Gasteiger partial charge in [0.1, 0.15) is 0 Å². The first-order chi connectivity index (χ1) is 6.77. The SMILES string of the molecule is CCN(CC(C)C#N)C1CCNCC1. The average molecular weight is 195 g/mol. The van der Waals surface area contributed by atoms with Gasteiger partial charge in [0.05, 0.1) is 12.0 Å². The summed E-state index contributed by atoms with van der Waals surface area (Å²) in [6, 6.07) is 3.00. The lowest BCUT2D eigenvalue weighted by atomic mass is 10.0. The van der Waals surface area contributed by atoms with Crippen LogP contribution in [0.5, 0.6) is 0 Å². The quantitative estimate of drug-likeness (QED) is 0.733. The lowest BCUT2D eigenvalue weighted by molar-refractivity contribution is 0.159. The monoisotopic (exact) mass is 195 g/mol. The van der Waals surface area contributed by atoms with Crippen LogP contribution in [0.4, 0.5) is 0 Å². The lowest BCUT2D eigenvalue weighted by Gasteiger charge is -2.34. The van der Waals surface area contributed by atoms with Gasteiger partial charge < -0.3 is 5.32 Å². The van der Waals surface area contributed by atoms with Crippen LogP contribution < -0.4 is 5.32 Å². The molecule has 0 spiro atoms. The van der Waals surface area contributed by atoms with E-state index >= 15 is 0 Å². The predicted molar refractivity (Wildman–Crippen MR) is 57.9 cm³/mol. The molecule has 0 aromatic carbocycles. The van der Waals surface area contributed by atoms with Crippen molar-refractivity contribution in [2.45, 2.75) is 32.7 Å². The largest absolute Gasteiger partial charge is 0.317 e. The highest BCUT2D eigenvalue weighted by atomic mass is 15.2. The standard InChI is InChI=1S/C11H21N3/c1-3-14(9-10(2)8-12)11-4-6-13-7-5-11/h10-11,13H,3-7,9H2,1-2H3. The summed E-state index contributed by atoms with van der Waals surface area (Å²) in [6.07, 6.45) is 2.46. The maximum atomic E-state index is 8.79. The van der Waals surface area contributed by atoms with Crippen LogP contribution in [0.25, 0.3) is 0 Å². The van der Waals surface area contributed by atoms with Crippen molar-refractivity contribution in [1.82, 2.24) is 10.2 Å². The Kier molecular flexibility index (Phi) is 4.92. The second-order valence-corrected chi connectivity index (χ2v) is 4.10. The molecule has 0 aromatic heterocycles. The van der Waals surface area contributed by atoms with E-state index in [4.69, 9.17) is 5.26 Å². The second-order valence-electron chi connectivity index (χ2n) is 4.10. The molecule has 1 saturated heterocycles. The summed E-state index contributed by atoms with van der Waals surface area (Å²) in [5, 5.41) is 12.2. The lowest BCUT2D eigenvalue weighted by Crippen LogP contribution is -2.44. The van der Waals surface area contributed by atoms with E-state index in [1.807, 2.05) is 6.92 Å². The molecule has 14 heavy (non-hydrogen) atoms. The molecule has 0 amide bonds. The number of piperidine rings is 1. The van der Waals surface area contributed by atoms with Gasteiger partial charge in [-0.05, 0) is 39.4 Å². The van der Waals surface area contributed by atoms with E-state index < -0.39 is 0 Å². The molecule has 1 N–H and O–H groups in total. The van der Waals surface area contributed by atoms with Gasteiger partial charge in [-0.1, -0.05) is 6.92 Å². The van der Waals surface area contributed by atoms with E-state index in [0.29, 0.717) is 6.04 Å². The van der Waals surface area contributed by atoms with E-state index in [1.165, 1.54) is 12.8 Å². The Morgan fingerprint density at radius 2 is 2.14 bits per heavy atom. The third-order valence-corrected chi connectivity index (χ3v) is 2.96. The number of nitrogens with one attached hydrogen (secondary N) is 1. The van der Waals surface area contributed by atoms with Crippen molar-refractivity contribution in [1.29, 1.82) is 5.26 Å². The highest BCUT2D eigenvalue weighted by Crippen LogP contribution is 2.13. The Morgan fingerprint density at radius 1 is 1.50 bits per heavy atom. The molecule has 1 fully saturated rings. The molecule has 1 aliphatic heterocycles. The maximum absolute atomic E-state index is 8.79. The summed E-state index contributed by atoms with van der Waals surface area (Å²) in [5.41, 5.74) is 0. The van der Waals surface area contributed by atoms with Gasteiger partial charge in [-0.3, -0.25) is 4.90 Å². The number of hydrogen-bond donors (Lipinski definition) is 1. The van der Waals surface area contributed by atoms with Gasteiger partial charge in [0.25, 0.3) is 0 Å². The predicted octanol–water partition coefficient (Wildman–Crippen LogP) is 1.22. The third kappa shape index (κ3) is 3.28. The van der Waals surface area contributed by atoms with E-state index in [-0.39, 0.29) is 5.92 Å². The Hall–Kier alpha value is -0.590. The van der Waals surface area contributed by atoms with Crippen molar-refractivity contribution < 1.29 is 0 Å². The molecule has 80 valence electrons. The fourth-order valence-corrected chi connectivity index (χ4v) is 2.10. The van der Waals surface area contributed by atoms with Crippen LogP contribution in [0.2, 0.25) is 0 Å². The molecule has 3 nitrogen and oxygen atoms in total. The molecule has 0 aliphatic carbocycles. The Balaban J connectivity index is 2.40. The molecule has 1 atom stereocenters. The van der Waals surface area contributed by atoms with E-state index in [1.54, 1.807) is 0 Å². The average Bonchev–Trinajstić information content (AvgIpc) is 2.26. The van der Waals surface area contributed by atoms with Crippen LogP contribution in [0.1, 0.15) is 26.7 Å². The van der Waals surface area contributed by atoms with Crippen LogP contribution in [0, 0.1) is 17.2 Å². The summed E-state index contributed by atoms with van der Waals surface area (Å²) < 4.78 is 0. The van der Waals surface area contributed by atoms with Gasteiger partial charge in [-0.15, -0.1) is 0 Å². The fourth-order valence-electron chi connectivity index (χ4n) is 2.10. The fraction of sp³-hybridized carbons (Fsp3) is 0.909. The summed E-state index contributed by atoms with van der Waals surface area (Å²) in [6.45, 7) is 8.44. The first kappa shape index (κ1) is 11.5. The molecule has 0 bridgehead atoms. The normalized spacial score (nSPS) is 20.7. The minimum Gasteiger partial charge on any atom is -0.317 e.